The summed E-state index contributed by atoms with van der Waals surface area (Å²) in [6.07, 6.45) is 14.5. The molecule has 1 aliphatic carbocycles. The number of benzene rings is 7. The SMILES string of the molecule is C=C/C=C\c1c(C)nc2n(-c3cc(-c4ccc([Si](c5ccccc5)(c5ccccc5)c5ccc6sc7ccccc7c6c5)cc4)nc(N4C5=NC6C=CC=CC6N5c5ccccc54)n3)c3ccccc3n12. The number of para-hydroxylation sites is 4. The smallest absolute Gasteiger partial charge is 0.239 e. The predicted octanol–water partition coefficient (Wildman–Crippen LogP) is 11.2. The van der Waals surface area contributed by atoms with Crippen molar-refractivity contribution in [3.63, 3.8) is 0 Å². The van der Waals surface area contributed by atoms with E-state index in [0.29, 0.717) is 11.8 Å². The van der Waals surface area contributed by atoms with Gasteiger partial charge < -0.3 is 4.90 Å². The third-order valence-electron chi connectivity index (χ3n) is 14.4. The fourth-order valence-electron chi connectivity index (χ4n) is 11.3. The van der Waals surface area contributed by atoms with Crippen molar-refractivity contribution in [1.29, 1.82) is 0 Å². The summed E-state index contributed by atoms with van der Waals surface area (Å²) in [5.74, 6) is 2.80. The molecule has 2 unspecified atom stereocenters. The number of aliphatic imine (C=N–C) groups is 1. The summed E-state index contributed by atoms with van der Waals surface area (Å²) in [6, 6.07) is 66.6. The monoisotopic (exact) mass is 948 g/mol. The largest absolute Gasteiger partial charge is 0.300 e. The molecule has 0 radical (unpaired) electrons. The molecule has 338 valence electrons. The van der Waals surface area contributed by atoms with Crippen molar-refractivity contribution in [2.24, 2.45) is 4.99 Å². The van der Waals surface area contributed by atoms with E-state index in [9.17, 15) is 0 Å². The van der Waals surface area contributed by atoms with E-state index in [1.54, 1.807) is 6.08 Å². The second-order valence-corrected chi connectivity index (χ2v) is 23.2. The lowest BCUT2D eigenvalue weighted by Gasteiger charge is -2.34. The second-order valence-electron chi connectivity index (χ2n) is 18.3. The summed E-state index contributed by atoms with van der Waals surface area (Å²) in [6.45, 7) is 6.01. The van der Waals surface area contributed by atoms with Crippen LogP contribution in [0.4, 0.5) is 17.3 Å². The van der Waals surface area contributed by atoms with Crippen molar-refractivity contribution in [2.45, 2.75) is 19.0 Å². The zero-order valence-corrected chi connectivity index (χ0v) is 40.5. The molecule has 8 nitrogen and oxygen atoms in total. The predicted molar refractivity (Wildman–Crippen MR) is 298 cm³/mol. The Hall–Kier alpha value is -8.70. The van der Waals surface area contributed by atoms with E-state index in [1.165, 1.54) is 40.9 Å². The molecule has 7 aromatic carbocycles. The number of hydrogen-bond acceptors (Lipinski definition) is 7. The molecule has 3 aliphatic rings. The number of rotatable bonds is 9. The molecule has 11 aromatic rings. The maximum absolute atomic E-state index is 5.54. The summed E-state index contributed by atoms with van der Waals surface area (Å²) < 4.78 is 6.99. The molecule has 0 fully saturated rings. The number of nitrogens with zero attached hydrogens (tertiary/aromatic N) is 8. The zero-order valence-electron chi connectivity index (χ0n) is 38.7. The molecule has 0 bridgehead atoms. The molecule has 2 atom stereocenters. The minimum Gasteiger partial charge on any atom is -0.300 e. The lowest BCUT2D eigenvalue weighted by Crippen LogP contribution is -2.74. The zero-order chi connectivity index (χ0) is 47.2. The minimum atomic E-state index is -2.93. The van der Waals surface area contributed by atoms with Gasteiger partial charge in [-0.1, -0.05) is 183 Å². The molecule has 10 heteroatoms. The lowest BCUT2D eigenvalue weighted by molar-refractivity contribution is 0.741. The number of imidazole rings is 2. The highest BCUT2D eigenvalue weighted by atomic mass is 32.1. The van der Waals surface area contributed by atoms with Gasteiger partial charge in [0.15, 0.2) is 8.07 Å². The van der Waals surface area contributed by atoms with Gasteiger partial charge in [0.25, 0.3) is 0 Å². The molecule has 14 rings (SSSR count). The van der Waals surface area contributed by atoms with Crippen molar-refractivity contribution in [3.05, 3.63) is 236 Å². The van der Waals surface area contributed by atoms with Gasteiger partial charge in [0, 0.05) is 31.8 Å². The van der Waals surface area contributed by atoms with Crippen LogP contribution in [0.1, 0.15) is 11.4 Å². The van der Waals surface area contributed by atoms with Gasteiger partial charge >= 0.3 is 0 Å². The Kier molecular flexibility index (Phi) is 9.42. The molecule has 2 aliphatic heterocycles. The van der Waals surface area contributed by atoms with Gasteiger partial charge in [0.05, 0.1) is 51.6 Å². The van der Waals surface area contributed by atoms with Gasteiger partial charge in [-0.05, 0) is 70.1 Å². The van der Waals surface area contributed by atoms with Crippen LogP contribution < -0.4 is 30.5 Å². The summed E-state index contributed by atoms with van der Waals surface area (Å²) in [5.41, 5.74) is 7.72. The first kappa shape index (κ1) is 41.3. The van der Waals surface area contributed by atoms with E-state index >= 15 is 0 Å². The second kappa shape index (κ2) is 16.2. The average Bonchev–Trinajstić information content (AvgIpc) is 4.23. The molecule has 0 saturated carbocycles. The fraction of sp³-hybridized carbons (Fsp3) is 0.0492. The molecular formula is C61H44N8SSi. The topological polar surface area (TPSA) is 66.9 Å². The van der Waals surface area contributed by atoms with Crippen LogP contribution in [0.2, 0.25) is 0 Å². The minimum absolute atomic E-state index is 0.0261. The van der Waals surface area contributed by atoms with Crippen molar-refractivity contribution >= 4 is 106 Å². The third-order valence-corrected chi connectivity index (χ3v) is 20.4. The molecule has 0 saturated heterocycles. The maximum atomic E-state index is 5.54. The number of aryl methyl sites for hydroxylation is 1. The van der Waals surface area contributed by atoms with Crippen LogP contribution in [0, 0.1) is 6.92 Å². The Labute approximate surface area is 415 Å². The Morgan fingerprint density at radius 1 is 0.606 bits per heavy atom. The van der Waals surface area contributed by atoms with Crippen LogP contribution in [0.5, 0.6) is 0 Å². The fourth-order valence-corrected chi connectivity index (χ4v) is 17.2. The molecule has 0 amide bonds. The summed E-state index contributed by atoms with van der Waals surface area (Å²) >= 11 is 1.86. The summed E-state index contributed by atoms with van der Waals surface area (Å²) in [7, 11) is -2.93. The number of anilines is 3. The first-order valence-electron chi connectivity index (χ1n) is 24.0. The van der Waals surface area contributed by atoms with Crippen LogP contribution in [0.15, 0.2) is 230 Å². The van der Waals surface area contributed by atoms with E-state index in [2.05, 4.69) is 245 Å². The van der Waals surface area contributed by atoms with E-state index in [-0.39, 0.29) is 12.1 Å². The van der Waals surface area contributed by atoms with Crippen LogP contribution in [0.25, 0.3) is 60.1 Å². The van der Waals surface area contributed by atoms with Crippen molar-refractivity contribution in [3.8, 4) is 17.1 Å². The molecule has 71 heavy (non-hydrogen) atoms. The quantitative estimate of drug-likeness (QED) is 0.0819. The van der Waals surface area contributed by atoms with Gasteiger partial charge in [-0.15, -0.1) is 11.3 Å². The molecule has 0 N–H and O–H groups in total. The Balaban J connectivity index is 0.999. The van der Waals surface area contributed by atoms with Crippen LogP contribution in [-0.4, -0.2) is 50.0 Å². The van der Waals surface area contributed by atoms with Gasteiger partial charge in [-0.25, -0.2) is 19.9 Å². The van der Waals surface area contributed by atoms with Gasteiger partial charge in [0.1, 0.15) is 5.82 Å². The highest BCUT2D eigenvalue weighted by Gasteiger charge is 2.46. The average molecular weight is 949 g/mol. The standard InChI is InChI=1S/C61H44N8SSi/c1-3-4-25-50-40(2)62-60-66(50)52-27-14-16-29-54(52)68(60)58-39-49(63-59(65-58)69-55-30-17-15-28-53(55)67-51-26-13-12-24-48(51)64-61(67)69)41-32-34-44(35-33-41)71(42-19-7-5-8-20-42,43-21-9-6-10-22-43)45-36-37-57-47(38-45)46-23-11-18-31-56(46)70-57/h3-39,48,51H,1H2,2H3/b25-4-. The van der Waals surface area contributed by atoms with Crippen molar-refractivity contribution < 1.29 is 0 Å². The van der Waals surface area contributed by atoms with Crippen molar-refractivity contribution in [2.75, 3.05) is 9.80 Å². The van der Waals surface area contributed by atoms with E-state index in [0.717, 1.165) is 56.8 Å². The highest BCUT2D eigenvalue weighted by molar-refractivity contribution is 7.26. The molecule has 0 spiro atoms. The van der Waals surface area contributed by atoms with Gasteiger partial charge in [0.2, 0.25) is 17.7 Å². The molecule has 6 heterocycles. The normalized spacial score (nSPS) is 16.2. The Bertz CT molecular complexity index is 4030. The Morgan fingerprint density at radius 3 is 2.06 bits per heavy atom. The number of fused-ring (bicyclic) bond motifs is 11. The van der Waals surface area contributed by atoms with Crippen LogP contribution in [-0.2, 0) is 0 Å². The van der Waals surface area contributed by atoms with Gasteiger partial charge in [-0.2, -0.15) is 4.98 Å². The van der Waals surface area contributed by atoms with E-state index < -0.39 is 8.07 Å². The molecular weight excluding hydrogens is 905 g/mol. The van der Waals surface area contributed by atoms with Crippen LogP contribution >= 0.6 is 11.3 Å². The number of hydrogen-bond donors (Lipinski definition) is 0. The van der Waals surface area contributed by atoms with Crippen molar-refractivity contribution in [1.82, 2.24) is 23.9 Å². The number of thiophene rings is 1. The summed E-state index contributed by atoms with van der Waals surface area (Å²) in [5, 5.41) is 7.87. The van der Waals surface area contributed by atoms with E-state index in [1.807, 2.05) is 17.4 Å². The molecule has 4 aromatic heterocycles. The number of allylic oxidation sites excluding steroid dienone is 4. The first-order valence-corrected chi connectivity index (χ1v) is 26.8. The van der Waals surface area contributed by atoms with E-state index in [4.69, 9.17) is 19.9 Å². The highest BCUT2D eigenvalue weighted by Crippen LogP contribution is 2.46. The number of aromatic nitrogens is 5. The number of guanidine groups is 1. The maximum Gasteiger partial charge on any atom is 0.239 e. The van der Waals surface area contributed by atoms with Gasteiger partial charge in [-0.3, -0.25) is 8.97 Å². The third kappa shape index (κ3) is 6.21. The van der Waals surface area contributed by atoms with Crippen LogP contribution in [0.3, 0.4) is 0 Å². The first-order chi connectivity index (χ1) is 35.1. The summed E-state index contributed by atoms with van der Waals surface area (Å²) in [4.78, 5) is 26.1. The Morgan fingerprint density at radius 2 is 1.27 bits per heavy atom. The lowest BCUT2D eigenvalue weighted by atomic mass is 10.0.